The zero-order valence-electron chi connectivity index (χ0n) is 17.2. The molecular formula is C21H21Cl2N3O5. The fraction of sp³-hybridized carbons (Fsp3) is 0.286. The topological polar surface area (TPSA) is 88.2 Å². The van der Waals surface area contributed by atoms with Crippen LogP contribution in [0.3, 0.4) is 0 Å². The Bertz CT molecular complexity index is 1040. The van der Waals surface area contributed by atoms with E-state index in [4.69, 9.17) is 32.7 Å². The first-order valence-electron chi connectivity index (χ1n) is 9.40. The van der Waals surface area contributed by atoms with E-state index >= 15 is 0 Å². The number of carbonyl (C=O) groups is 3. The number of hydrogen-bond acceptors (Lipinski definition) is 5. The molecule has 2 aromatic rings. The maximum absolute atomic E-state index is 13.4. The van der Waals surface area contributed by atoms with Crippen molar-refractivity contribution in [3.05, 3.63) is 51.5 Å². The molecule has 10 heteroatoms. The lowest BCUT2D eigenvalue weighted by atomic mass is 10.1. The Labute approximate surface area is 189 Å². The number of hydrogen-bond donors (Lipinski definition) is 1. The molecule has 0 aliphatic carbocycles. The number of methoxy groups -OCH3 is 2. The van der Waals surface area contributed by atoms with Crippen molar-refractivity contribution in [2.24, 2.45) is 0 Å². The monoisotopic (exact) mass is 465 g/mol. The van der Waals surface area contributed by atoms with Crippen LogP contribution in [0.5, 0.6) is 11.5 Å². The number of rotatable bonds is 5. The predicted molar refractivity (Wildman–Crippen MR) is 117 cm³/mol. The summed E-state index contributed by atoms with van der Waals surface area (Å²) in [6, 6.07) is 7.87. The highest BCUT2D eigenvalue weighted by molar-refractivity contribution is 6.37. The second-order valence-electron chi connectivity index (χ2n) is 6.72. The average Bonchev–Trinajstić information content (AvgIpc) is 3.23. The molecule has 3 rings (SSSR count). The smallest absolute Gasteiger partial charge is 0.280 e. The summed E-state index contributed by atoms with van der Waals surface area (Å²) in [5, 5.41) is 5.57. The van der Waals surface area contributed by atoms with Crippen LogP contribution in [-0.2, 0) is 4.79 Å². The van der Waals surface area contributed by atoms with E-state index in [0.29, 0.717) is 25.2 Å². The maximum atomic E-state index is 13.4. The van der Waals surface area contributed by atoms with Gasteiger partial charge in [-0.05, 0) is 30.7 Å². The minimum absolute atomic E-state index is 0.0971. The van der Waals surface area contributed by atoms with E-state index < -0.39 is 11.8 Å². The van der Waals surface area contributed by atoms with Gasteiger partial charge in [0, 0.05) is 20.0 Å². The molecule has 1 aliphatic rings. The lowest BCUT2D eigenvalue weighted by molar-refractivity contribution is -0.114. The van der Waals surface area contributed by atoms with Crippen LogP contribution in [0, 0.1) is 0 Å². The van der Waals surface area contributed by atoms with Crippen molar-refractivity contribution in [1.82, 2.24) is 10.0 Å². The van der Waals surface area contributed by atoms with Crippen molar-refractivity contribution in [3.63, 3.8) is 0 Å². The van der Waals surface area contributed by atoms with E-state index in [1.165, 1.54) is 37.2 Å². The Kier molecular flexibility index (Phi) is 6.92. The zero-order valence-corrected chi connectivity index (χ0v) is 18.7. The Morgan fingerprint density at radius 3 is 2.26 bits per heavy atom. The molecule has 2 aromatic carbocycles. The van der Waals surface area contributed by atoms with E-state index in [1.54, 1.807) is 24.3 Å². The molecule has 0 spiro atoms. The van der Waals surface area contributed by atoms with Crippen molar-refractivity contribution in [1.29, 1.82) is 0 Å². The van der Waals surface area contributed by atoms with Gasteiger partial charge in [-0.15, -0.1) is 0 Å². The summed E-state index contributed by atoms with van der Waals surface area (Å²) in [7, 11) is 2.83. The Morgan fingerprint density at radius 2 is 1.65 bits per heavy atom. The molecule has 1 heterocycles. The van der Waals surface area contributed by atoms with Gasteiger partial charge >= 0.3 is 0 Å². The van der Waals surface area contributed by atoms with Crippen LogP contribution in [0.25, 0.3) is 0 Å². The molecule has 1 aliphatic heterocycles. The molecule has 0 saturated carbocycles. The molecular weight excluding hydrogens is 445 g/mol. The van der Waals surface area contributed by atoms with Gasteiger partial charge in [-0.3, -0.25) is 14.4 Å². The molecule has 8 nitrogen and oxygen atoms in total. The van der Waals surface area contributed by atoms with Gasteiger partial charge in [0.2, 0.25) is 5.91 Å². The van der Waals surface area contributed by atoms with Gasteiger partial charge in [0.1, 0.15) is 11.3 Å². The van der Waals surface area contributed by atoms with Crippen molar-refractivity contribution in [3.8, 4) is 11.5 Å². The maximum Gasteiger partial charge on any atom is 0.280 e. The van der Waals surface area contributed by atoms with Crippen LogP contribution in [0.15, 0.2) is 30.3 Å². The van der Waals surface area contributed by atoms with E-state index in [2.05, 4.69) is 5.32 Å². The molecule has 3 amide bonds. The van der Waals surface area contributed by atoms with Gasteiger partial charge in [0.05, 0.1) is 35.5 Å². The Hall–Kier alpha value is -2.97. The van der Waals surface area contributed by atoms with Gasteiger partial charge in [0.15, 0.2) is 5.75 Å². The Morgan fingerprint density at radius 1 is 0.968 bits per heavy atom. The molecule has 0 unspecified atom stereocenters. The lowest BCUT2D eigenvalue weighted by Crippen LogP contribution is -2.45. The number of nitrogens with zero attached hydrogens (tertiary/aromatic N) is 2. The molecule has 0 aromatic heterocycles. The first-order chi connectivity index (χ1) is 14.8. The number of hydrazine groups is 1. The van der Waals surface area contributed by atoms with E-state index in [9.17, 15) is 14.4 Å². The predicted octanol–water partition coefficient (Wildman–Crippen LogP) is 3.87. The van der Waals surface area contributed by atoms with Crippen LogP contribution in [0.4, 0.5) is 5.69 Å². The fourth-order valence-corrected chi connectivity index (χ4v) is 3.89. The lowest BCUT2D eigenvalue weighted by Gasteiger charge is -2.29. The van der Waals surface area contributed by atoms with Crippen molar-refractivity contribution in [2.45, 2.75) is 13.3 Å². The summed E-state index contributed by atoms with van der Waals surface area (Å²) in [5.74, 6) is -0.837. The molecule has 31 heavy (non-hydrogen) atoms. The number of halogens is 2. The van der Waals surface area contributed by atoms with Gasteiger partial charge < -0.3 is 14.8 Å². The number of anilines is 1. The summed E-state index contributed by atoms with van der Waals surface area (Å²) in [6.45, 7) is 1.97. The first-order valence-corrected chi connectivity index (χ1v) is 10.2. The molecule has 0 atom stereocenters. The molecule has 1 N–H and O–H groups in total. The van der Waals surface area contributed by atoms with Crippen LogP contribution >= 0.6 is 23.2 Å². The molecule has 1 fully saturated rings. The van der Waals surface area contributed by atoms with Gasteiger partial charge in [-0.25, -0.2) is 10.0 Å². The minimum Gasteiger partial charge on any atom is -0.496 e. The highest BCUT2D eigenvalue weighted by Gasteiger charge is 2.36. The molecule has 164 valence electrons. The summed E-state index contributed by atoms with van der Waals surface area (Å²) < 4.78 is 10.7. The van der Waals surface area contributed by atoms with Gasteiger partial charge in [0.25, 0.3) is 11.8 Å². The normalized spacial score (nSPS) is 13.2. The highest BCUT2D eigenvalue weighted by atomic mass is 35.5. The third kappa shape index (κ3) is 4.40. The summed E-state index contributed by atoms with van der Waals surface area (Å²) >= 11 is 12.6. The standard InChI is InChI=1S/C21H21Cl2N3O5/c1-12(27)24-15-7-4-6-13(18(15)23)20(28)25-10-5-11-26(25)21(29)17-16(30-2)9-8-14(22)19(17)31-3/h4,6-9H,5,10-11H2,1-3H3,(H,24,27). The summed E-state index contributed by atoms with van der Waals surface area (Å²) in [6.07, 6.45) is 0.575. The number of ether oxygens (including phenoxy) is 2. The Balaban J connectivity index is 1.98. The van der Waals surface area contributed by atoms with E-state index in [0.717, 1.165) is 0 Å². The van der Waals surface area contributed by atoms with Crippen molar-refractivity contribution >= 4 is 46.6 Å². The quantitative estimate of drug-likeness (QED) is 0.723. The summed E-state index contributed by atoms with van der Waals surface area (Å²) in [5.41, 5.74) is 0.600. The number of carbonyl (C=O) groups excluding carboxylic acids is 3. The molecule has 1 saturated heterocycles. The second kappa shape index (κ2) is 9.45. The van der Waals surface area contributed by atoms with Gasteiger partial charge in [-0.2, -0.15) is 0 Å². The SMILES string of the molecule is COc1ccc(Cl)c(OC)c1C(=O)N1CCCN1C(=O)c1cccc(NC(C)=O)c1Cl. The second-order valence-corrected chi connectivity index (χ2v) is 7.50. The van der Waals surface area contributed by atoms with Crippen LogP contribution in [-0.4, -0.2) is 55.0 Å². The largest absolute Gasteiger partial charge is 0.496 e. The van der Waals surface area contributed by atoms with Crippen LogP contribution in [0.1, 0.15) is 34.1 Å². The minimum atomic E-state index is -0.490. The van der Waals surface area contributed by atoms with Crippen molar-refractivity contribution < 1.29 is 23.9 Å². The molecule has 0 radical (unpaired) electrons. The number of benzene rings is 2. The van der Waals surface area contributed by atoms with Crippen LogP contribution < -0.4 is 14.8 Å². The van der Waals surface area contributed by atoms with Crippen LogP contribution in [0.2, 0.25) is 10.0 Å². The fourth-order valence-electron chi connectivity index (χ4n) is 3.40. The highest BCUT2D eigenvalue weighted by Crippen LogP contribution is 2.37. The van der Waals surface area contributed by atoms with Crippen molar-refractivity contribution in [2.75, 3.05) is 32.6 Å². The average molecular weight is 466 g/mol. The summed E-state index contributed by atoms with van der Waals surface area (Å²) in [4.78, 5) is 38.1. The van der Waals surface area contributed by atoms with Gasteiger partial charge in [-0.1, -0.05) is 29.3 Å². The zero-order chi connectivity index (χ0) is 22.7. The van der Waals surface area contributed by atoms with E-state index in [-0.39, 0.29) is 38.6 Å². The third-order valence-electron chi connectivity index (χ3n) is 4.75. The third-order valence-corrected chi connectivity index (χ3v) is 5.45. The first kappa shape index (κ1) is 22.7. The number of nitrogens with one attached hydrogen (secondary N) is 1. The molecule has 0 bridgehead atoms. The van der Waals surface area contributed by atoms with E-state index in [1.807, 2.05) is 0 Å². The number of amides is 3.